The Morgan fingerprint density at radius 1 is 0.800 bits per heavy atom. The zero-order valence-corrected chi connectivity index (χ0v) is 20.9. The van der Waals surface area contributed by atoms with E-state index < -0.39 is 0 Å². The summed E-state index contributed by atoms with van der Waals surface area (Å²) in [5.74, 6) is 1.14. The summed E-state index contributed by atoms with van der Waals surface area (Å²) in [6, 6.07) is 0. The van der Waals surface area contributed by atoms with Crippen molar-refractivity contribution in [2.24, 2.45) is 22.0 Å². The van der Waals surface area contributed by atoms with E-state index in [-0.39, 0.29) is 0 Å². The normalized spacial score (nSPS) is 21.9. The number of thiocarbonyl (C=S) groups is 2. The molecule has 4 N–H and O–H groups in total. The summed E-state index contributed by atoms with van der Waals surface area (Å²) in [7, 11) is 3.57. The van der Waals surface area contributed by atoms with E-state index in [0.29, 0.717) is 22.1 Å². The van der Waals surface area contributed by atoms with Crippen LogP contribution in [0.4, 0.5) is 0 Å². The highest BCUT2D eigenvalue weighted by atomic mass is 32.1. The van der Waals surface area contributed by atoms with Crippen LogP contribution in [0.25, 0.3) is 0 Å². The molecule has 0 heterocycles. The molecule has 2 atom stereocenters. The summed E-state index contributed by atoms with van der Waals surface area (Å²) >= 11 is 9.91. The molecule has 2 aliphatic rings. The first-order chi connectivity index (χ1) is 14.3. The van der Waals surface area contributed by atoms with Crippen molar-refractivity contribution >= 4 is 46.1 Å². The van der Waals surface area contributed by atoms with Crippen molar-refractivity contribution in [3.63, 3.8) is 0 Å². The molecular formula is C22H38N6S2. The van der Waals surface area contributed by atoms with E-state index in [9.17, 15) is 0 Å². The fraction of sp³-hybridized carbons (Fsp3) is 0.636. The van der Waals surface area contributed by atoms with Crippen LogP contribution in [0.5, 0.6) is 0 Å². The van der Waals surface area contributed by atoms with Crippen molar-refractivity contribution < 1.29 is 0 Å². The number of nitrogens with zero attached hydrogens (tertiary/aromatic N) is 2. The van der Waals surface area contributed by atoms with Crippen molar-refractivity contribution in [1.82, 2.24) is 21.5 Å². The Hall–Kier alpha value is -1.80. The van der Waals surface area contributed by atoms with Crippen LogP contribution in [0, 0.1) is 11.8 Å². The minimum atomic E-state index is 0.567. The first kappa shape index (κ1) is 26.2. The Balaban J connectivity index is 0.000000300. The lowest BCUT2D eigenvalue weighted by Crippen LogP contribution is -2.30. The van der Waals surface area contributed by atoms with E-state index in [1.165, 1.54) is 36.8 Å². The highest BCUT2D eigenvalue weighted by molar-refractivity contribution is 7.80. The fourth-order valence-electron chi connectivity index (χ4n) is 3.26. The molecule has 0 aromatic heterocycles. The average Bonchev–Trinajstić information content (AvgIpc) is 2.76. The number of nitrogens with one attached hydrogen (secondary N) is 4. The zero-order valence-electron chi connectivity index (χ0n) is 19.3. The molecule has 0 amide bonds. The maximum absolute atomic E-state index is 4.95. The molecule has 0 fully saturated rings. The van der Waals surface area contributed by atoms with Gasteiger partial charge in [0.05, 0.1) is 0 Å². The lowest BCUT2D eigenvalue weighted by atomic mass is 9.87. The molecule has 30 heavy (non-hydrogen) atoms. The number of hydrogen-bond donors (Lipinski definition) is 4. The molecule has 0 saturated heterocycles. The Labute approximate surface area is 193 Å². The van der Waals surface area contributed by atoms with Crippen molar-refractivity contribution in [1.29, 1.82) is 0 Å². The van der Waals surface area contributed by atoms with Crippen LogP contribution in [-0.2, 0) is 0 Å². The largest absolute Gasteiger partial charge is 0.364 e. The van der Waals surface area contributed by atoms with Gasteiger partial charge in [0.25, 0.3) is 0 Å². The van der Waals surface area contributed by atoms with E-state index in [0.717, 1.165) is 24.3 Å². The minimum Gasteiger partial charge on any atom is -0.364 e. The molecule has 0 saturated carbocycles. The Bertz CT molecular complexity index is 648. The molecule has 0 bridgehead atoms. The average molecular weight is 451 g/mol. The molecule has 168 valence electrons. The summed E-state index contributed by atoms with van der Waals surface area (Å²) in [4.78, 5) is 0. The molecule has 0 unspecified atom stereocenters. The maximum atomic E-state index is 4.95. The highest BCUT2D eigenvalue weighted by Crippen LogP contribution is 2.24. The lowest BCUT2D eigenvalue weighted by Gasteiger charge is -2.20. The minimum absolute atomic E-state index is 0.567. The second-order valence-electron chi connectivity index (χ2n) is 7.93. The van der Waals surface area contributed by atoms with Crippen molar-refractivity contribution in [3.05, 3.63) is 23.3 Å². The Morgan fingerprint density at radius 2 is 1.17 bits per heavy atom. The van der Waals surface area contributed by atoms with E-state index in [2.05, 4.69) is 71.5 Å². The van der Waals surface area contributed by atoms with Gasteiger partial charge in [-0.1, -0.05) is 23.3 Å². The summed E-state index contributed by atoms with van der Waals surface area (Å²) in [5, 5.41) is 15.4. The second kappa shape index (κ2) is 14.2. The monoisotopic (exact) mass is 450 g/mol. The van der Waals surface area contributed by atoms with Gasteiger partial charge in [0, 0.05) is 37.4 Å². The van der Waals surface area contributed by atoms with Crippen LogP contribution >= 0.6 is 24.4 Å². The molecule has 0 aliphatic heterocycles. The van der Waals surface area contributed by atoms with E-state index >= 15 is 0 Å². The first-order valence-electron chi connectivity index (χ1n) is 10.6. The maximum Gasteiger partial charge on any atom is 0.186 e. The van der Waals surface area contributed by atoms with Gasteiger partial charge in [0.15, 0.2) is 10.2 Å². The smallest absolute Gasteiger partial charge is 0.186 e. The summed E-state index contributed by atoms with van der Waals surface area (Å²) < 4.78 is 0. The van der Waals surface area contributed by atoms with Gasteiger partial charge in [-0.3, -0.25) is 10.9 Å². The van der Waals surface area contributed by atoms with Gasteiger partial charge in [0.2, 0.25) is 0 Å². The van der Waals surface area contributed by atoms with Crippen LogP contribution in [0.15, 0.2) is 33.5 Å². The van der Waals surface area contributed by atoms with E-state index in [1.807, 2.05) is 0 Å². The molecule has 2 rings (SSSR count). The van der Waals surface area contributed by atoms with Gasteiger partial charge < -0.3 is 10.6 Å². The van der Waals surface area contributed by atoms with Crippen molar-refractivity contribution in [2.75, 3.05) is 14.1 Å². The summed E-state index contributed by atoms with van der Waals surface area (Å²) in [6.07, 6.45) is 11.6. The van der Waals surface area contributed by atoms with Gasteiger partial charge in [-0.15, -0.1) is 0 Å². The molecule has 0 aromatic rings. The highest BCUT2D eigenvalue weighted by Gasteiger charge is 2.16. The van der Waals surface area contributed by atoms with E-state index in [4.69, 9.17) is 24.4 Å². The van der Waals surface area contributed by atoms with Gasteiger partial charge in [-0.05, 0) is 90.7 Å². The Kier molecular flexibility index (Phi) is 12.5. The van der Waals surface area contributed by atoms with E-state index in [1.54, 1.807) is 14.1 Å². The van der Waals surface area contributed by atoms with Gasteiger partial charge in [-0.2, -0.15) is 10.2 Å². The standard InChI is InChI=1S/2C11H19N3S/c2*1-8-4-6-10(7-5-8)9(2)13-14-11(15)12-3/h2*4,10H,5-7H2,1-3H3,(H2,12,14,15)/b2*13-9+/t2*10-/m00/s1. The predicted octanol–water partition coefficient (Wildman–Crippen LogP) is 4.41. The third-order valence-electron chi connectivity index (χ3n) is 5.58. The zero-order chi connectivity index (χ0) is 22.5. The molecule has 0 radical (unpaired) electrons. The Morgan fingerprint density at radius 3 is 1.43 bits per heavy atom. The van der Waals surface area contributed by atoms with Crippen molar-refractivity contribution in [3.8, 4) is 0 Å². The lowest BCUT2D eigenvalue weighted by molar-refractivity contribution is 0.593. The number of hydrogen-bond acceptors (Lipinski definition) is 4. The quantitative estimate of drug-likeness (QED) is 0.220. The first-order valence-corrected chi connectivity index (χ1v) is 11.4. The molecular weight excluding hydrogens is 412 g/mol. The van der Waals surface area contributed by atoms with Crippen LogP contribution in [-0.4, -0.2) is 35.7 Å². The third-order valence-corrected chi connectivity index (χ3v) is 6.17. The van der Waals surface area contributed by atoms with Gasteiger partial charge in [0.1, 0.15) is 0 Å². The van der Waals surface area contributed by atoms with Crippen LogP contribution in [0.1, 0.15) is 66.2 Å². The number of hydrazone groups is 2. The second-order valence-corrected chi connectivity index (χ2v) is 8.75. The number of allylic oxidation sites excluding steroid dienone is 4. The van der Waals surface area contributed by atoms with Crippen LogP contribution in [0.2, 0.25) is 0 Å². The van der Waals surface area contributed by atoms with Crippen LogP contribution < -0.4 is 21.5 Å². The van der Waals surface area contributed by atoms with Crippen LogP contribution in [0.3, 0.4) is 0 Å². The molecule has 0 aromatic carbocycles. The molecule has 8 heteroatoms. The predicted molar refractivity (Wildman–Crippen MR) is 138 cm³/mol. The molecule has 6 nitrogen and oxygen atoms in total. The summed E-state index contributed by atoms with van der Waals surface area (Å²) in [5.41, 5.74) is 10.9. The van der Waals surface area contributed by atoms with Crippen molar-refractivity contribution in [2.45, 2.75) is 66.2 Å². The fourth-order valence-corrected chi connectivity index (χ4v) is 3.35. The number of rotatable bonds is 4. The van der Waals surface area contributed by atoms with Gasteiger partial charge >= 0.3 is 0 Å². The SMILES string of the molecule is CNC(=S)N/N=C(\C)[C@H]1CC=C(C)CC1.CNC(=S)N/N=C(\C)[C@H]1CC=C(C)CC1. The molecule has 0 spiro atoms. The van der Waals surface area contributed by atoms with Gasteiger partial charge in [-0.25, -0.2) is 0 Å². The summed E-state index contributed by atoms with van der Waals surface area (Å²) in [6.45, 7) is 8.50. The third kappa shape index (κ3) is 10.3. The molecule has 2 aliphatic carbocycles. The topological polar surface area (TPSA) is 72.8 Å².